The first-order valence-electron chi connectivity index (χ1n) is 43.4. The minimum Gasteiger partial charge on any atom is -0.468 e. The number of unbranched alkanes of at least 4 members (excludes halogenated alkanes) is 1. The van der Waals surface area contributed by atoms with Gasteiger partial charge in [0.05, 0.1) is 32.9 Å². The number of ether oxygens (including phenoxy) is 5. The summed E-state index contributed by atoms with van der Waals surface area (Å²) in [6.07, 6.45) is 41.7. The monoisotopic (exact) mass is 1880 g/mol. The highest BCUT2D eigenvalue weighted by Crippen LogP contribution is 2.40. The number of nitrogens with one attached hydrogen (secondary N) is 9. The van der Waals surface area contributed by atoms with Crippen LogP contribution in [0, 0.1) is 23.7 Å². The fourth-order valence-corrected chi connectivity index (χ4v) is 15.9. The molecular weight excluding hydrogens is 1760 g/mol. The minimum absolute atomic E-state index is 0.0632. The summed E-state index contributed by atoms with van der Waals surface area (Å²) >= 11 is 12.1. The van der Waals surface area contributed by atoms with Crippen molar-refractivity contribution in [1.82, 2.24) is 107 Å². The summed E-state index contributed by atoms with van der Waals surface area (Å²) in [6.45, 7) is 39.2. The van der Waals surface area contributed by atoms with Crippen molar-refractivity contribution in [3.63, 3.8) is 0 Å². The molecule has 2 aromatic rings. The van der Waals surface area contributed by atoms with E-state index in [4.69, 9.17) is 42.1 Å². The van der Waals surface area contributed by atoms with Gasteiger partial charge in [0.2, 0.25) is 11.8 Å². The van der Waals surface area contributed by atoms with Crippen LogP contribution in [0.15, 0.2) is 209 Å². The number of Topliss-reactive ketones (excluding diaryl/α,β-unsaturated/α-hetero) is 1. The number of ketones is 1. The fraction of sp³-hybridized carbons (Fsp3) is 0.451. The van der Waals surface area contributed by atoms with E-state index in [0.717, 1.165) is 123 Å². The number of allylic oxidation sites excluding steroid dienone is 8. The van der Waals surface area contributed by atoms with Gasteiger partial charge in [-0.25, -0.2) is 38.4 Å². The van der Waals surface area contributed by atoms with E-state index in [1.807, 2.05) is 48.7 Å². The molecule has 0 radical (unpaired) electrons. The summed E-state index contributed by atoms with van der Waals surface area (Å²) in [5, 5.41) is 33.1. The minimum atomic E-state index is -0.460. The van der Waals surface area contributed by atoms with E-state index >= 15 is 0 Å². The average Bonchev–Trinajstić information content (AvgIpc) is 1.65. The van der Waals surface area contributed by atoms with Gasteiger partial charge in [0.1, 0.15) is 16.6 Å². The van der Waals surface area contributed by atoms with Crippen molar-refractivity contribution < 1.29 is 81.2 Å². The number of urea groups is 8. The second-order valence-electron chi connectivity index (χ2n) is 33.1. The maximum atomic E-state index is 11.9. The highest BCUT2D eigenvalue weighted by atomic mass is 35.5. The van der Waals surface area contributed by atoms with Crippen molar-refractivity contribution in [3.05, 3.63) is 219 Å². The zero-order valence-electron chi connectivity index (χ0n) is 76.5. The molecule has 2 saturated heterocycles. The lowest BCUT2D eigenvalue weighted by Crippen LogP contribution is -2.50. The Morgan fingerprint density at radius 3 is 1.05 bits per heavy atom. The zero-order chi connectivity index (χ0) is 96.9. The molecule has 5 atom stereocenters. The number of methoxy groups -OCH3 is 5. The Bertz CT molecular complexity index is 4850. The smallest absolute Gasteiger partial charge is 0.331 e. The maximum absolute atomic E-state index is 11.9. The first kappa shape index (κ1) is 104. The van der Waals surface area contributed by atoms with E-state index in [0.29, 0.717) is 111 Å². The zero-order valence-corrected chi connectivity index (χ0v) is 78.1. The molecule has 2 aromatic heterocycles. The summed E-state index contributed by atoms with van der Waals surface area (Å²) < 4.78 is 27.5. The third kappa shape index (κ3) is 30.7. The number of rotatable bonds is 25. The van der Waals surface area contributed by atoms with Crippen LogP contribution in [-0.2, 0) is 56.0 Å². The molecule has 133 heavy (non-hydrogen) atoms. The number of hydrogen-bond acceptors (Lipinski definition) is 20. The Morgan fingerprint density at radius 2 is 0.722 bits per heavy atom. The Balaban J connectivity index is 0.000000172. The first-order chi connectivity index (χ1) is 63.5. The number of amides is 18. The summed E-state index contributed by atoms with van der Waals surface area (Å²) in [4.78, 5) is 155. The molecule has 42 heteroatoms. The standard InChI is InChI=1S/C15H20ClN5O2.C12H17N3O2.C11H11ClN4O3.C11H15N3O2.2C11H16N2O2.2C10H14N2O2/c1-11-6-8-21(15(23)18-11)14-13(16)10-20(19-14)9-12(22)5-3-4-7-17-2;1-9-3-8-15(12(17)13-9)11-4-6-14(7-5-11)10(2)16;1-7-3-4-16(11(18)13-7)10-8(12)5-15(14-10)6-9(17)19-2;1-8-3-6-14(11(16)12-8)10-4-5-13(7-10)9(2)15;2*1-8-3-4-13(11(14)12-8)10-5-9(6-10)7-15-2;2*1-7-3-4-12(10(13)11-7)9-5-8(9)6-14-2/h6,8,10,17H,1,3-5,7,9H2,2H3,(H,18,23);3,8,11H,1,4-7H2,2H3,(H,13,17);3-5H,1,6H2,2H3,(H,13,18);3,6,10H,1,4-5,7H2,2H3,(H,12,16);2*3-4,9-10H,1,5-7H2,2H3,(H,12,14);2*3-4,8-9H,1,5-6H2,2H3,(H,11,13)/t;;;10-;;;2*8-,9+/m...0..00/s1. The number of hydrogen-bond donors (Lipinski definition) is 9. The number of carbonyl (C=O) groups excluding carboxylic acids is 12. The summed E-state index contributed by atoms with van der Waals surface area (Å²) in [6, 6.07) is 0.127. The van der Waals surface area contributed by atoms with E-state index in [1.165, 1.54) is 38.7 Å². The molecule has 0 spiro atoms. The molecule has 40 nitrogen and oxygen atoms in total. The largest absolute Gasteiger partial charge is 0.468 e. The first-order valence-corrected chi connectivity index (χ1v) is 44.2. The van der Waals surface area contributed by atoms with E-state index in [-0.39, 0.29) is 102 Å². The molecule has 0 bridgehead atoms. The van der Waals surface area contributed by atoms with E-state index in [1.54, 1.807) is 138 Å². The number of halogens is 2. The van der Waals surface area contributed by atoms with E-state index in [2.05, 4.69) is 115 Å². The molecule has 9 N–H and O–H groups in total. The lowest BCUT2D eigenvalue weighted by molar-refractivity contribution is -0.141. The third-order valence-corrected chi connectivity index (χ3v) is 23.4. The van der Waals surface area contributed by atoms with Gasteiger partial charge < -0.3 is 81.3 Å². The van der Waals surface area contributed by atoms with Gasteiger partial charge in [0, 0.05) is 238 Å². The molecule has 0 unspecified atom stereocenters. The van der Waals surface area contributed by atoms with Crippen LogP contribution in [0.3, 0.4) is 0 Å². The van der Waals surface area contributed by atoms with Crippen LogP contribution in [0.25, 0.3) is 0 Å². The number of likely N-dealkylation sites (tertiary alicyclic amines) is 2. The number of aromatic nitrogens is 4. The number of carbonyl (C=O) groups is 12. The third-order valence-electron chi connectivity index (χ3n) is 22.9. The van der Waals surface area contributed by atoms with Gasteiger partial charge in [0.25, 0.3) is 0 Å². The Kier molecular flexibility index (Phi) is 38.9. The predicted molar refractivity (Wildman–Crippen MR) is 500 cm³/mol. The fourth-order valence-electron chi connectivity index (χ4n) is 15.4. The second-order valence-corrected chi connectivity index (χ2v) is 33.9. The lowest BCUT2D eigenvalue weighted by atomic mass is 9.80. The number of nitrogens with zero attached hydrogens (tertiary/aromatic N) is 14. The number of piperidine rings is 1. The molecule has 18 amide bonds. The molecule has 10 aliphatic heterocycles. The molecular formula is C91H123Cl2N23O17. The van der Waals surface area contributed by atoms with Crippen LogP contribution in [0.2, 0.25) is 10.0 Å². The molecule has 16 rings (SSSR count). The van der Waals surface area contributed by atoms with Crippen molar-refractivity contribution in [3.8, 4) is 0 Å². The summed E-state index contributed by atoms with van der Waals surface area (Å²) in [5.41, 5.74) is 4.80. The van der Waals surface area contributed by atoms with Gasteiger partial charge in [-0.3, -0.25) is 67.7 Å². The quantitative estimate of drug-likeness (QED) is 0.0329. The molecule has 0 aromatic carbocycles. The van der Waals surface area contributed by atoms with Crippen LogP contribution >= 0.6 is 23.2 Å². The Hall–Kier alpha value is -13.1. The topological polar surface area (TPSA) is 427 Å². The van der Waals surface area contributed by atoms with Crippen molar-refractivity contribution >= 4 is 107 Å². The summed E-state index contributed by atoms with van der Waals surface area (Å²) in [7, 11) is 9.96. The molecule has 718 valence electrons. The van der Waals surface area contributed by atoms with Crippen LogP contribution in [0.1, 0.15) is 90.9 Å². The van der Waals surface area contributed by atoms with Crippen molar-refractivity contribution in [2.75, 3.05) is 112 Å². The van der Waals surface area contributed by atoms with Gasteiger partial charge in [-0.2, -0.15) is 10.2 Å². The van der Waals surface area contributed by atoms with Crippen LogP contribution in [0.4, 0.5) is 50.0 Å². The SMILES string of the molecule is C=C1C=CN(C2CC(COC)C2)C(=O)N1.C=C1C=CN(C2CC(COC)C2)C(=O)N1.C=C1C=CN(C2CCN(C(C)=O)CC2)C(=O)N1.C=C1C=CN([C@@H]2C[C@H]2COC)C(=O)N1.C=C1C=CN([C@@H]2C[C@H]2COC)C(=O)N1.C=C1C=CN([C@H]2CCN(C(C)=O)C2)C(=O)N1.C=C1C=CN(c2nn(CC(=O)CCCCNC)cc2Cl)C(=O)N1.C=C1C=CN(c2nn(CC(=O)OC)cc2Cl)C(=O)N1. The predicted octanol–water partition coefficient (Wildman–Crippen LogP) is 10.1. The van der Waals surface area contributed by atoms with Crippen molar-refractivity contribution in [1.29, 1.82) is 0 Å². The average molecular weight is 1880 g/mol. The normalized spacial score (nSPS) is 23.5. The molecule has 4 saturated carbocycles. The van der Waals surface area contributed by atoms with E-state index < -0.39 is 12.0 Å². The van der Waals surface area contributed by atoms with Gasteiger partial charge in [-0.05, 0) is 145 Å². The summed E-state index contributed by atoms with van der Waals surface area (Å²) in [5.74, 6) is 2.49. The molecule has 14 aliphatic rings. The number of anilines is 2. The Morgan fingerprint density at radius 1 is 0.406 bits per heavy atom. The van der Waals surface area contributed by atoms with Crippen LogP contribution in [0.5, 0.6) is 0 Å². The van der Waals surface area contributed by atoms with E-state index in [9.17, 15) is 57.5 Å². The van der Waals surface area contributed by atoms with Gasteiger partial charge >= 0.3 is 54.2 Å². The lowest BCUT2D eigenvalue weighted by Gasteiger charge is -2.42. The Labute approximate surface area is 784 Å². The molecule has 4 aliphatic carbocycles. The highest BCUT2D eigenvalue weighted by molar-refractivity contribution is 6.34. The van der Waals surface area contributed by atoms with Crippen LogP contribution in [-0.4, -0.2) is 269 Å². The molecule has 12 heterocycles. The molecule has 6 fully saturated rings. The van der Waals surface area contributed by atoms with Crippen LogP contribution < -0.4 is 57.7 Å². The van der Waals surface area contributed by atoms with Gasteiger partial charge in [-0.1, -0.05) is 75.8 Å². The van der Waals surface area contributed by atoms with Gasteiger partial charge in [-0.15, -0.1) is 0 Å². The van der Waals surface area contributed by atoms with Crippen molar-refractivity contribution in [2.24, 2.45) is 23.7 Å². The number of esters is 1. The highest BCUT2D eigenvalue weighted by Gasteiger charge is 2.46. The van der Waals surface area contributed by atoms with Crippen molar-refractivity contribution in [2.45, 2.75) is 140 Å². The van der Waals surface area contributed by atoms with Gasteiger partial charge in [0.15, 0.2) is 17.4 Å². The maximum Gasteiger partial charge on any atom is 0.331 e. The second kappa shape index (κ2) is 49.9.